The van der Waals surface area contributed by atoms with E-state index in [-0.39, 0.29) is 6.54 Å². The summed E-state index contributed by atoms with van der Waals surface area (Å²) in [7, 11) is 0. The van der Waals surface area contributed by atoms with Crippen LogP contribution >= 0.6 is 22.7 Å². The normalized spacial score (nSPS) is 15.1. The molecule has 0 saturated carbocycles. The third kappa shape index (κ3) is 1.87. The van der Waals surface area contributed by atoms with Crippen LogP contribution in [0.4, 0.5) is 4.79 Å². The largest absolute Gasteiger partial charge is 0.343 e. The SMILES string of the molecule is O=C1CN(NC(=O)c2cc3c(nc4sccn43)s2)C(=O)N1. The lowest BCUT2D eigenvalue weighted by molar-refractivity contribution is -0.118. The van der Waals surface area contributed by atoms with Gasteiger partial charge in [0.05, 0.1) is 10.4 Å². The average molecular weight is 321 g/mol. The van der Waals surface area contributed by atoms with Crippen molar-refractivity contribution in [3.05, 3.63) is 22.5 Å². The van der Waals surface area contributed by atoms with Crippen molar-refractivity contribution < 1.29 is 14.4 Å². The number of carbonyl (C=O) groups excluding carboxylic acids is 3. The number of carbonyl (C=O) groups is 3. The second-order valence-corrected chi connectivity index (χ2v) is 6.25. The van der Waals surface area contributed by atoms with Gasteiger partial charge in [-0.1, -0.05) is 0 Å². The van der Waals surface area contributed by atoms with E-state index in [1.165, 1.54) is 22.7 Å². The Morgan fingerprint density at radius 3 is 3.05 bits per heavy atom. The first kappa shape index (κ1) is 12.3. The van der Waals surface area contributed by atoms with Gasteiger partial charge in [-0.05, 0) is 6.07 Å². The van der Waals surface area contributed by atoms with Crippen molar-refractivity contribution in [3.63, 3.8) is 0 Å². The van der Waals surface area contributed by atoms with Crippen LogP contribution in [-0.4, -0.2) is 38.8 Å². The number of fused-ring (bicyclic) bond motifs is 3. The highest BCUT2D eigenvalue weighted by Crippen LogP contribution is 2.28. The second kappa shape index (κ2) is 4.27. The molecule has 4 rings (SSSR count). The average Bonchev–Trinajstić information content (AvgIpc) is 3.11. The highest BCUT2D eigenvalue weighted by Gasteiger charge is 2.29. The summed E-state index contributed by atoms with van der Waals surface area (Å²) in [6, 6.07) is 1.09. The maximum Gasteiger partial charge on any atom is 0.343 e. The molecule has 8 nitrogen and oxygen atoms in total. The Bertz CT molecular complexity index is 908. The number of imide groups is 1. The maximum absolute atomic E-state index is 12.1. The number of rotatable bonds is 2. The molecule has 1 aliphatic heterocycles. The number of hydrazine groups is 1. The first-order valence-corrected chi connectivity index (χ1v) is 7.59. The third-order valence-corrected chi connectivity index (χ3v) is 4.77. The van der Waals surface area contributed by atoms with Gasteiger partial charge in [0.2, 0.25) is 5.91 Å². The van der Waals surface area contributed by atoms with Crippen molar-refractivity contribution in [2.75, 3.05) is 6.54 Å². The second-order valence-electron chi connectivity index (χ2n) is 4.35. The molecule has 2 N–H and O–H groups in total. The lowest BCUT2D eigenvalue weighted by atomic mass is 10.4. The molecule has 21 heavy (non-hydrogen) atoms. The molecule has 3 aromatic rings. The summed E-state index contributed by atoms with van der Waals surface area (Å²) in [5.74, 6) is -0.880. The van der Waals surface area contributed by atoms with Crippen LogP contribution in [0.2, 0.25) is 0 Å². The Morgan fingerprint density at radius 1 is 1.43 bits per heavy atom. The van der Waals surface area contributed by atoms with Crippen LogP contribution in [-0.2, 0) is 4.79 Å². The van der Waals surface area contributed by atoms with E-state index in [9.17, 15) is 14.4 Å². The summed E-state index contributed by atoms with van der Waals surface area (Å²) in [5, 5.41) is 4.96. The first-order valence-electron chi connectivity index (χ1n) is 5.89. The number of hydrogen-bond acceptors (Lipinski definition) is 6. The lowest BCUT2D eigenvalue weighted by Crippen LogP contribution is -2.43. The number of thiazole rings is 1. The van der Waals surface area contributed by atoms with Crippen molar-refractivity contribution >= 4 is 55.8 Å². The van der Waals surface area contributed by atoms with Gasteiger partial charge in [0.1, 0.15) is 11.4 Å². The van der Waals surface area contributed by atoms with Crippen molar-refractivity contribution in [1.82, 2.24) is 25.1 Å². The van der Waals surface area contributed by atoms with Crippen molar-refractivity contribution in [2.24, 2.45) is 0 Å². The Kier molecular flexibility index (Phi) is 2.50. The van der Waals surface area contributed by atoms with Crippen LogP contribution in [0, 0.1) is 0 Å². The van der Waals surface area contributed by atoms with Gasteiger partial charge in [-0.25, -0.2) is 14.8 Å². The highest BCUT2D eigenvalue weighted by atomic mass is 32.1. The number of urea groups is 1. The van der Waals surface area contributed by atoms with Gasteiger partial charge in [-0.15, -0.1) is 22.7 Å². The molecule has 1 fully saturated rings. The number of aromatic nitrogens is 2. The van der Waals surface area contributed by atoms with Crippen molar-refractivity contribution in [1.29, 1.82) is 0 Å². The van der Waals surface area contributed by atoms with E-state index in [1.54, 1.807) is 6.07 Å². The van der Waals surface area contributed by atoms with E-state index >= 15 is 0 Å². The number of thiophene rings is 1. The van der Waals surface area contributed by atoms with E-state index in [4.69, 9.17) is 0 Å². The zero-order valence-corrected chi connectivity index (χ0v) is 12.0. The van der Waals surface area contributed by atoms with E-state index in [0.29, 0.717) is 4.88 Å². The molecular formula is C11H7N5O3S2. The molecule has 0 bridgehead atoms. The fraction of sp³-hybridized carbons (Fsp3) is 0.0909. The van der Waals surface area contributed by atoms with Crippen LogP contribution in [0.1, 0.15) is 9.67 Å². The van der Waals surface area contributed by atoms with Crippen LogP contribution in [0.3, 0.4) is 0 Å². The fourth-order valence-electron chi connectivity index (χ4n) is 2.07. The topological polar surface area (TPSA) is 95.8 Å². The van der Waals surface area contributed by atoms with Gasteiger partial charge in [0, 0.05) is 11.6 Å². The molecular weight excluding hydrogens is 314 g/mol. The molecule has 1 aliphatic rings. The summed E-state index contributed by atoms with van der Waals surface area (Å²) in [6.45, 7) is -0.177. The predicted octanol–water partition coefficient (Wildman–Crippen LogP) is 0.807. The summed E-state index contributed by atoms with van der Waals surface area (Å²) in [4.78, 5) is 41.0. The van der Waals surface area contributed by atoms with Crippen LogP contribution in [0.15, 0.2) is 17.6 Å². The molecule has 10 heteroatoms. The lowest BCUT2D eigenvalue weighted by Gasteiger charge is -2.13. The number of amides is 4. The van der Waals surface area contributed by atoms with E-state index in [1.807, 2.05) is 16.0 Å². The Morgan fingerprint density at radius 2 is 2.29 bits per heavy atom. The molecule has 0 unspecified atom stereocenters. The van der Waals surface area contributed by atoms with Gasteiger partial charge in [0.25, 0.3) is 5.91 Å². The number of nitrogens with zero attached hydrogens (tertiary/aromatic N) is 3. The summed E-state index contributed by atoms with van der Waals surface area (Å²) in [6.07, 6.45) is 1.89. The monoisotopic (exact) mass is 321 g/mol. The molecule has 0 spiro atoms. The smallest absolute Gasteiger partial charge is 0.289 e. The van der Waals surface area contributed by atoms with Crippen LogP contribution in [0.5, 0.6) is 0 Å². The Balaban J connectivity index is 1.63. The standard InChI is InChI=1S/C11H7N5O3S2/c17-7-4-16(10(19)12-7)14-8(18)6-3-5-9(21-6)13-11-15(5)1-2-20-11/h1-3H,4H2,(H,14,18)(H,12,17,19). The minimum Gasteiger partial charge on any atom is -0.289 e. The van der Waals surface area contributed by atoms with Crippen LogP contribution in [0.25, 0.3) is 15.3 Å². The summed E-state index contributed by atoms with van der Waals surface area (Å²) < 4.78 is 1.90. The van der Waals surface area contributed by atoms with Gasteiger partial charge in [0.15, 0.2) is 4.96 Å². The van der Waals surface area contributed by atoms with E-state index in [0.717, 1.165) is 20.3 Å². The zero-order valence-electron chi connectivity index (χ0n) is 10.3. The summed E-state index contributed by atoms with van der Waals surface area (Å²) >= 11 is 2.76. The molecule has 0 radical (unpaired) electrons. The molecule has 4 amide bonds. The van der Waals surface area contributed by atoms with Gasteiger partial charge >= 0.3 is 6.03 Å². The number of imidazole rings is 1. The number of hydrogen-bond donors (Lipinski definition) is 2. The predicted molar refractivity (Wildman–Crippen MR) is 76.2 cm³/mol. The fourth-order valence-corrected chi connectivity index (χ4v) is 3.76. The molecule has 0 atom stereocenters. The minimum absolute atomic E-state index is 0.177. The maximum atomic E-state index is 12.1. The molecule has 3 aromatic heterocycles. The Hall–Kier alpha value is -2.46. The van der Waals surface area contributed by atoms with E-state index < -0.39 is 17.8 Å². The van der Waals surface area contributed by atoms with Crippen LogP contribution < -0.4 is 10.7 Å². The van der Waals surface area contributed by atoms with E-state index in [2.05, 4.69) is 15.7 Å². The highest BCUT2D eigenvalue weighted by molar-refractivity contribution is 7.21. The third-order valence-electron chi connectivity index (χ3n) is 2.99. The Labute approximate surface area is 124 Å². The molecule has 0 aromatic carbocycles. The van der Waals surface area contributed by atoms with Crippen molar-refractivity contribution in [2.45, 2.75) is 0 Å². The van der Waals surface area contributed by atoms with Gasteiger partial charge in [-0.3, -0.25) is 24.7 Å². The van der Waals surface area contributed by atoms with Gasteiger partial charge in [-0.2, -0.15) is 0 Å². The first-order chi connectivity index (χ1) is 10.1. The molecule has 106 valence electrons. The molecule has 0 aliphatic carbocycles. The zero-order chi connectivity index (χ0) is 14.6. The molecule has 1 saturated heterocycles. The minimum atomic E-state index is -0.628. The molecule has 4 heterocycles. The number of nitrogens with one attached hydrogen (secondary N) is 2. The van der Waals surface area contributed by atoms with Crippen molar-refractivity contribution in [3.8, 4) is 0 Å². The quantitative estimate of drug-likeness (QED) is 0.683. The summed E-state index contributed by atoms with van der Waals surface area (Å²) in [5.41, 5.74) is 3.26. The van der Waals surface area contributed by atoms with Gasteiger partial charge < -0.3 is 0 Å².